The Balaban J connectivity index is 2.08. The largest absolute Gasteiger partial charge is 0.454 e. The summed E-state index contributed by atoms with van der Waals surface area (Å²) in [7, 11) is 0. The van der Waals surface area contributed by atoms with E-state index >= 15 is 0 Å². The summed E-state index contributed by atoms with van der Waals surface area (Å²) in [5.74, 6) is 1.64. The van der Waals surface area contributed by atoms with Crippen molar-refractivity contribution in [2.45, 2.75) is 32.9 Å². The molecule has 0 saturated carbocycles. The van der Waals surface area contributed by atoms with Crippen LogP contribution in [0.3, 0.4) is 0 Å². The Morgan fingerprint density at radius 2 is 2.25 bits per heavy atom. The molecule has 0 spiro atoms. The molecule has 0 saturated heterocycles. The van der Waals surface area contributed by atoms with Gasteiger partial charge in [-0.3, -0.25) is 0 Å². The van der Waals surface area contributed by atoms with Gasteiger partial charge in [-0.25, -0.2) is 0 Å². The zero-order valence-electron chi connectivity index (χ0n) is 9.55. The number of halogens is 1. The van der Waals surface area contributed by atoms with Gasteiger partial charge in [0.25, 0.3) is 0 Å². The van der Waals surface area contributed by atoms with Gasteiger partial charge in [0.1, 0.15) is 0 Å². The molecule has 3 nitrogen and oxygen atoms in total. The number of hydrogen-bond donors (Lipinski definition) is 1. The molecular weight excluding hydrogens is 270 g/mol. The van der Waals surface area contributed by atoms with Crippen LogP contribution < -0.4 is 14.8 Å². The van der Waals surface area contributed by atoms with Gasteiger partial charge in [-0.05, 0) is 47.0 Å². The molecule has 88 valence electrons. The standard InChI is InChI=1S/C12H16BrNO2/c1-3-8(2)14-6-9-4-10(13)12-11(5-9)15-7-16-12/h4-5,8,14H,3,6-7H2,1-2H3. The van der Waals surface area contributed by atoms with E-state index < -0.39 is 0 Å². The SMILES string of the molecule is CCC(C)NCc1cc(Br)c2c(c1)OCO2. The molecule has 1 heterocycles. The minimum absolute atomic E-state index is 0.316. The smallest absolute Gasteiger partial charge is 0.231 e. The molecule has 4 heteroatoms. The second kappa shape index (κ2) is 5.06. The van der Waals surface area contributed by atoms with E-state index in [9.17, 15) is 0 Å². The Kier molecular flexibility index (Phi) is 3.71. The predicted octanol–water partition coefficient (Wildman–Crippen LogP) is 3.07. The number of benzene rings is 1. The first-order valence-electron chi connectivity index (χ1n) is 5.52. The van der Waals surface area contributed by atoms with E-state index in [-0.39, 0.29) is 0 Å². The molecule has 1 atom stereocenters. The van der Waals surface area contributed by atoms with Crippen LogP contribution in [-0.2, 0) is 6.54 Å². The fraction of sp³-hybridized carbons (Fsp3) is 0.500. The molecule has 2 rings (SSSR count). The van der Waals surface area contributed by atoms with E-state index in [0.29, 0.717) is 12.8 Å². The quantitative estimate of drug-likeness (QED) is 0.922. The normalized spacial score (nSPS) is 15.2. The fourth-order valence-corrected chi connectivity index (χ4v) is 2.16. The molecule has 0 aromatic heterocycles. The zero-order chi connectivity index (χ0) is 11.5. The fourth-order valence-electron chi connectivity index (χ4n) is 1.56. The molecular formula is C12H16BrNO2. The average Bonchev–Trinajstić information content (AvgIpc) is 2.74. The Labute approximate surface area is 104 Å². The summed E-state index contributed by atoms with van der Waals surface area (Å²) < 4.78 is 11.7. The van der Waals surface area contributed by atoms with Gasteiger partial charge in [-0.2, -0.15) is 0 Å². The van der Waals surface area contributed by atoms with Crippen LogP contribution in [0.2, 0.25) is 0 Å². The molecule has 1 aliphatic heterocycles. The number of fused-ring (bicyclic) bond motifs is 1. The highest BCUT2D eigenvalue weighted by atomic mass is 79.9. The summed E-state index contributed by atoms with van der Waals surface area (Å²) in [6.45, 7) is 5.52. The Bertz CT molecular complexity index is 382. The Morgan fingerprint density at radius 1 is 1.44 bits per heavy atom. The maximum atomic E-state index is 5.37. The van der Waals surface area contributed by atoms with Crippen LogP contribution in [0.15, 0.2) is 16.6 Å². The first kappa shape index (κ1) is 11.7. The summed E-state index contributed by atoms with van der Waals surface area (Å²) in [5, 5.41) is 3.45. The lowest BCUT2D eigenvalue weighted by atomic mass is 10.2. The molecule has 0 bridgehead atoms. The van der Waals surface area contributed by atoms with Gasteiger partial charge in [-0.15, -0.1) is 0 Å². The monoisotopic (exact) mass is 285 g/mol. The maximum absolute atomic E-state index is 5.37. The van der Waals surface area contributed by atoms with E-state index in [2.05, 4.69) is 41.2 Å². The molecule has 1 N–H and O–H groups in total. The summed E-state index contributed by atoms with van der Waals surface area (Å²) in [5.41, 5.74) is 1.21. The lowest BCUT2D eigenvalue weighted by molar-refractivity contribution is 0.173. The van der Waals surface area contributed by atoms with Crippen molar-refractivity contribution in [3.63, 3.8) is 0 Å². The Morgan fingerprint density at radius 3 is 3.00 bits per heavy atom. The predicted molar refractivity (Wildman–Crippen MR) is 66.9 cm³/mol. The van der Waals surface area contributed by atoms with Crippen LogP contribution >= 0.6 is 15.9 Å². The summed E-state index contributed by atoms with van der Waals surface area (Å²) in [6.07, 6.45) is 1.13. The molecule has 0 fully saturated rings. The summed E-state index contributed by atoms with van der Waals surface area (Å²) in [6, 6.07) is 4.63. The second-order valence-corrected chi connectivity index (χ2v) is 4.86. The first-order chi connectivity index (χ1) is 7.70. The lowest BCUT2D eigenvalue weighted by Crippen LogP contribution is -2.24. The van der Waals surface area contributed by atoms with Gasteiger partial charge in [0.2, 0.25) is 6.79 Å². The van der Waals surface area contributed by atoms with Crippen LogP contribution in [0.25, 0.3) is 0 Å². The molecule has 1 aromatic rings. The van der Waals surface area contributed by atoms with Crippen molar-refractivity contribution >= 4 is 15.9 Å². The van der Waals surface area contributed by atoms with E-state index in [0.717, 1.165) is 28.9 Å². The molecule has 1 unspecified atom stereocenters. The summed E-state index contributed by atoms with van der Waals surface area (Å²) in [4.78, 5) is 0. The summed E-state index contributed by atoms with van der Waals surface area (Å²) >= 11 is 3.49. The third kappa shape index (κ3) is 2.50. The van der Waals surface area contributed by atoms with Gasteiger partial charge in [0.05, 0.1) is 4.47 Å². The highest BCUT2D eigenvalue weighted by molar-refractivity contribution is 9.10. The van der Waals surface area contributed by atoms with Crippen molar-refractivity contribution < 1.29 is 9.47 Å². The third-order valence-corrected chi connectivity index (χ3v) is 3.34. The van der Waals surface area contributed by atoms with E-state index in [1.807, 2.05) is 6.07 Å². The maximum Gasteiger partial charge on any atom is 0.231 e. The van der Waals surface area contributed by atoms with Crippen LogP contribution in [-0.4, -0.2) is 12.8 Å². The van der Waals surface area contributed by atoms with Gasteiger partial charge in [0.15, 0.2) is 11.5 Å². The van der Waals surface area contributed by atoms with E-state index in [1.54, 1.807) is 0 Å². The topological polar surface area (TPSA) is 30.5 Å². The van der Waals surface area contributed by atoms with Gasteiger partial charge >= 0.3 is 0 Å². The molecule has 1 aliphatic rings. The molecule has 16 heavy (non-hydrogen) atoms. The van der Waals surface area contributed by atoms with E-state index in [1.165, 1.54) is 5.56 Å². The van der Waals surface area contributed by atoms with Crippen LogP contribution in [0.4, 0.5) is 0 Å². The minimum atomic E-state index is 0.316. The number of nitrogens with one attached hydrogen (secondary N) is 1. The first-order valence-corrected chi connectivity index (χ1v) is 6.31. The van der Waals surface area contributed by atoms with Crippen molar-refractivity contribution in [3.8, 4) is 11.5 Å². The van der Waals surface area contributed by atoms with Crippen molar-refractivity contribution in [1.82, 2.24) is 5.32 Å². The highest BCUT2D eigenvalue weighted by Crippen LogP contribution is 2.39. The van der Waals surface area contributed by atoms with Crippen molar-refractivity contribution in [1.29, 1.82) is 0 Å². The Hall–Kier alpha value is -0.740. The third-order valence-electron chi connectivity index (χ3n) is 2.75. The second-order valence-electron chi connectivity index (χ2n) is 4.00. The number of rotatable bonds is 4. The minimum Gasteiger partial charge on any atom is -0.454 e. The van der Waals surface area contributed by atoms with Gasteiger partial charge < -0.3 is 14.8 Å². The average molecular weight is 286 g/mol. The molecule has 0 amide bonds. The number of ether oxygens (including phenoxy) is 2. The van der Waals surface area contributed by atoms with Crippen molar-refractivity contribution in [2.24, 2.45) is 0 Å². The lowest BCUT2D eigenvalue weighted by Gasteiger charge is -2.12. The van der Waals surface area contributed by atoms with Crippen LogP contribution in [0.1, 0.15) is 25.8 Å². The van der Waals surface area contributed by atoms with Gasteiger partial charge in [-0.1, -0.05) is 6.92 Å². The molecule has 0 aliphatic carbocycles. The van der Waals surface area contributed by atoms with Crippen molar-refractivity contribution in [3.05, 3.63) is 22.2 Å². The van der Waals surface area contributed by atoms with E-state index in [4.69, 9.17) is 9.47 Å². The van der Waals surface area contributed by atoms with Crippen molar-refractivity contribution in [2.75, 3.05) is 6.79 Å². The highest BCUT2D eigenvalue weighted by Gasteiger charge is 2.17. The molecule has 1 aromatic carbocycles. The zero-order valence-corrected chi connectivity index (χ0v) is 11.1. The van der Waals surface area contributed by atoms with Crippen LogP contribution in [0, 0.1) is 0 Å². The number of hydrogen-bond acceptors (Lipinski definition) is 3. The molecule has 0 radical (unpaired) electrons. The van der Waals surface area contributed by atoms with Crippen LogP contribution in [0.5, 0.6) is 11.5 Å². The van der Waals surface area contributed by atoms with Gasteiger partial charge in [0, 0.05) is 12.6 Å².